The van der Waals surface area contributed by atoms with E-state index >= 15 is 0 Å². The van der Waals surface area contributed by atoms with Crippen LogP contribution in [0.1, 0.15) is 0 Å². The van der Waals surface area contributed by atoms with Gasteiger partial charge in [0, 0.05) is 7.11 Å². The van der Waals surface area contributed by atoms with Gasteiger partial charge >= 0.3 is 0 Å². The van der Waals surface area contributed by atoms with Gasteiger partial charge in [-0.1, -0.05) is 0 Å². The molecule has 1 aliphatic rings. The first kappa shape index (κ1) is 10.7. The van der Waals surface area contributed by atoms with E-state index in [9.17, 15) is 9.59 Å². The van der Waals surface area contributed by atoms with Gasteiger partial charge in [0.05, 0.1) is 13.0 Å². The van der Waals surface area contributed by atoms with Crippen LogP contribution in [0.3, 0.4) is 0 Å². The summed E-state index contributed by atoms with van der Waals surface area (Å²) >= 11 is 0. The Morgan fingerprint density at radius 1 is 1.43 bits per heavy atom. The van der Waals surface area contributed by atoms with Gasteiger partial charge in [0.2, 0.25) is 0 Å². The first-order valence-corrected chi connectivity index (χ1v) is 4.14. The fraction of sp³-hybridized carbons (Fsp3) is 0.400. The molecule has 0 bridgehead atoms. The molecule has 1 rings (SSSR count). The molecular formula is C10H12O4. The molecule has 0 spiro atoms. The molecule has 0 aromatic rings. The largest absolute Gasteiger partial charge is 0.497 e. The van der Waals surface area contributed by atoms with Crippen LogP contribution >= 0.6 is 0 Å². The van der Waals surface area contributed by atoms with Crippen LogP contribution in [0, 0.1) is 5.92 Å². The maximum Gasteiger partial charge on any atom is 0.156 e. The summed E-state index contributed by atoms with van der Waals surface area (Å²) in [6, 6.07) is 0. The zero-order chi connectivity index (χ0) is 10.6. The third-order valence-corrected chi connectivity index (χ3v) is 2.29. The van der Waals surface area contributed by atoms with E-state index in [-0.39, 0.29) is 0 Å². The second-order valence-electron chi connectivity index (χ2n) is 2.94. The Bertz CT molecular complexity index is 292. The highest BCUT2D eigenvalue weighted by atomic mass is 16.5. The molecular weight excluding hydrogens is 184 g/mol. The number of allylic oxidation sites excluding steroid dienone is 1. The lowest BCUT2D eigenvalue weighted by atomic mass is 9.85. The number of carbonyl (C=O) groups is 2. The van der Waals surface area contributed by atoms with E-state index in [4.69, 9.17) is 9.47 Å². The molecule has 0 saturated heterocycles. The molecule has 2 unspecified atom stereocenters. The normalized spacial score (nSPS) is 30.7. The smallest absolute Gasteiger partial charge is 0.156 e. The van der Waals surface area contributed by atoms with Gasteiger partial charge < -0.3 is 14.3 Å². The van der Waals surface area contributed by atoms with E-state index in [1.807, 2.05) is 0 Å². The summed E-state index contributed by atoms with van der Waals surface area (Å²) in [6.07, 6.45) is 5.98. The Balaban J connectivity index is 3.03. The van der Waals surface area contributed by atoms with Crippen molar-refractivity contribution in [3.05, 3.63) is 24.0 Å². The highest BCUT2D eigenvalue weighted by Gasteiger charge is 2.37. The second kappa shape index (κ2) is 4.19. The zero-order valence-corrected chi connectivity index (χ0v) is 8.10. The molecule has 0 aromatic heterocycles. The van der Waals surface area contributed by atoms with Crippen molar-refractivity contribution in [3.8, 4) is 0 Å². The summed E-state index contributed by atoms with van der Waals surface area (Å²) in [5.74, 6) is -0.0819. The number of methoxy groups -OCH3 is 2. The molecule has 4 nitrogen and oxygen atoms in total. The highest BCUT2D eigenvalue weighted by Crippen LogP contribution is 2.27. The lowest BCUT2D eigenvalue weighted by Gasteiger charge is -2.29. The minimum absolute atomic E-state index is 0.552. The average Bonchev–Trinajstić information content (AvgIpc) is 2.28. The van der Waals surface area contributed by atoms with E-state index in [0.717, 1.165) is 0 Å². The Morgan fingerprint density at radius 3 is 2.57 bits per heavy atom. The van der Waals surface area contributed by atoms with Crippen LogP contribution in [0.2, 0.25) is 0 Å². The average molecular weight is 196 g/mol. The molecule has 0 heterocycles. The van der Waals surface area contributed by atoms with Crippen molar-refractivity contribution < 1.29 is 19.1 Å². The number of hydrogen-bond acceptors (Lipinski definition) is 4. The summed E-state index contributed by atoms with van der Waals surface area (Å²) in [6.45, 7) is 0. The first-order valence-electron chi connectivity index (χ1n) is 4.14. The molecule has 0 fully saturated rings. The van der Waals surface area contributed by atoms with Crippen molar-refractivity contribution in [2.24, 2.45) is 5.92 Å². The van der Waals surface area contributed by atoms with Gasteiger partial charge in [-0.3, -0.25) is 4.79 Å². The molecule has 0 aromatic carbocycles. The molecule has 4 heteroatoms. The summed E-state index contributed by atoms with van der Waals surface area (Å²) in [7, 11) is 2.89. The third-order valence-electron chi connectivity index (χ3n) is 2.29. The zero-order valence-electron chi connectivity index (χ0n) is 8.10. The lowest BCUT2D eigenvalue weighted by Crippen LogP contribution is -2.41. The maximum atomic E-state index is 10.9. The highest BCUT2D eigenvalue weighted by molar-refractivity contribution is 5.77. The Hall–Kier alpha value is -1.42. The second-order valence-corrected chi connectivity index (χ2v) is 2.94. The quantitative estimate of drug-likeness (QED) is 0.614. The van der Waals surface area contributed by atoms with E-state index in [2.05, 4.69) is 0 Å². The molecule has 0 amide bonds. The standard InChI is InChI=1S/C10H12O4/c1-13-9-3-4-10(7-12,14-2)8(5-9)6-11/h3-8H,1-2H3. The van der Waals surface area contributed by atoms with Crippen molar-refractivity contribution in [2.45, 2.75) is 5.60 Å². The van der Waals surface area contributed by atoms with Crippen LogP contribution in [-0.4, -0.2) is 32.4 Å². The van der Waals surface area contributed by atoms with Crippen molar-refractivity contribution in [3.63, 3.8) is 0 Å². The molecule has 14 heavy (non-hydrogen) atoms. The van der Waals surface area contributed by atoms with E-state index < -0.39 is 11.5 Å². The van der Waals surface area contributed by atoms with Crippen LogP contribution < -0.4 is 0 Å². The number of aldehydes is 2. The third kappa shape index (κ3) is 1.61. The van der Waals surface area contributed by atoms with Gasteiger partial charge in [-0.2, -0.15) is 0 Å². The van der Waals surface area contributed by atoms with Crippen molar-refractivity contribution >= 4 is 12.6 Å². The fourth-order valence-corrected chi connectivity index (χ4v) is 1.34. The summed E-state index contributed by atoms with van der Waals surface area (Å²) in [4.78, 5) is 21.7. The van der Waals surface area contributed by atoms with E-state index in [1.165, 1.54) is 20.3 Å². The van der Waals surface area contributed by atoms with Crippen molar-refractivity contribution in [1.29, 1.82) is 0 Å². The first-order chi connectivity index (χ1) is 6.72. The van der Waals surface area contributed by atoms with Crippen molar-refractivity contribution in [2.75, 3.05) is 14.2 Å². The van der Waals surface area contributed by atoms with Gasteiger partial charge in [-0.15, -0.1) is 0 Å². The predicted octanol–water partition coefficient (Wildman–Crippen LogP) is 0.486. The summed E-state index contributed by atoms with van der Waals surface area (Å²) in [5, 5.41) is 0. The molecule has 0 aliphatic heterocycles. The van der Waals surface area contributed by atoms with Gasteiger partial charge in [-0.25, -0.2) is 0 Å². The Labute approximate surface area is 82.2 Å². The maximum absolute atomic E-state index is 10.9. The minimum atomic E-state index is -1.18. The van der Waals surface area contributed by atoms with E-state index in [0.29, 0.717) is 18.3 Å². The number of carbonyl (C=O) groups excluding carboxylic acids is 2. The molecule has 76 valence electrons. The van der Waals surface area contributed by atoms with Gasteiger partial charge in [0.25, 0.3) is 0 Å². The number of ether oxygens (including phenoxy) is 2. The fourth-order valence-electron chi connectivity index (χ4n) is 1.34. The predicted molar refractivity (Wildman–Crippen MR) is 49.6 cm³/mol. The molecule has 0 saturated carbocycles. The Kier molecular flexibility index (Phi) is 3.19. The molecule has 1 aliphatic carbocycles. The minimum Gasteiger partial charge on any atom is -0.497 e. The van der Waals surface area contributed by atoms with Gasteiger partial charge in [-0.05, 0) is 18.2 Å². The number of rotatable bonds is 4. The van der Waals surface area contributed by atoms with Crippen LogP contribution in [0.4, 0.5) is 0 Å². The summed E-state index contributed by atoms with van der Waals surface area (Å²) in [5.41, 5.74) is -1.18. The Morgan fingerprint density at radius 2 is 2.14 bits per heavy atom. The van der Waals surface area contributed by atoms with Crippen LogP contribution in [-0.2, 0) is 19.1 Å². The van der Waals surface area contributed by atoms with Crippen LogP contribution in [0.25, 0.3) is 0 Å². The molecule has 0 N–H and O–H groups in total. The SMILES string of the molecule is COC1=CC(C=O)C(C=O)(OC)C=C1. The van der Waals surface area contributed by atoms with Crippen molar-refractivity contribution in [1.82, 2.24) is 0 Å². The van der Waals surface area contributed by atoms with Crippen LogP contribution in [0.15, 0.2) is 24.0 Å². The number of hydrogen-bond donors (Lipinski definition) is 0. The van der Waals surface area contributed by atoms with E-state index in [1.54, 1.807) is 12.2 Å². The lowest BCUT2D eigenvalue weighted by molar-refractivity contribution is -0.131. The van der Waals surface area contributed by atoms with Gasteiger partial charge in [0.1, 0.15) is 12.0 Å². The monoisotopic (exact) mass is 196 g/mol. The molecule has 2 atom stereocenters. The summed E-state index contributed by atoms with van der Waals surface area (Å²) < 4.78 is 9.99. The van der Waals surface area contributed by atoms with Gasteiger partial charge in [0.15, 0.2) is 11.9 Å². The molecule has 0 radical (unpaired) electrons. The van der Waals surface area contributed by atoms with Crippen LogP contribution in [0.5, 0.6) is 0 Å². The topological polar surface area (TPSA) is 52.6 Å².